The summed E-state index contributed by atoms with van der Waals surface area (Å²) in [5, 5.41) is 10.8. The third-order valence-corrected chi connectivity index (χ3v) is 5.02. The molecule has 1 saturated carbocycles. The Morgan fingerprint density at radius 1 is 1.26 bits per heavy atom. The van der Waals surface area contributed by atoms with Gasteiger partial charge in [-0.25, -0.2) is 4.79 Å². The summed E-state index contributed by atoms with van der Waals surface area (Å²) < 4.78 is 0. The minimum atomic E-state index is 0.0530. The Morgan fingerprint density at radius 2 is 2.04 bits per heavy atom. The predicted octanol–water partition coefficient (Wildman–Crippen LogP) is 3.35. The van der Waals surface area contributed by atoms with E-state index in [1.807, 2.05) is 17.0 Å². The number of carbonyl (C=O) groups excluding carboxylic acids is 1. The van der Waals surface area contributed by atoms with Crippen molar-refractivity contribution in [2.24, 2.45) is 0 Å². The van der Waals surface area contributed by atoms with E-state index in [0.717, 1.165) is 35.4 Å². The van der Waals surface area contributed by atoms with Crippen LogP contribution in [0.1, 0.15) is 42.5 Å². The van der Waals surface area contributed by atoms with Gasteiger partial charge in [-0.1, -0.05) is 37.1 Å². The van der Waals surface area contributed by atoms with Crippen molar-refractivity contribution in [2.75, 3.05) is 0 Å². The van der Waals surface area contributed by atoms with E-state index >= 15 is 0 Å². The number of amides is 2. The number of hydrogen-bond acceptors (Lipinski definition) is 2. The summed E-state index contributed by atoms with van der Waals surface area (Å²) in [6.07, 6.45) is 4.68. The number of hydrogen-bond donors (Lipinski definition) is 2. The Bertz CT molecular complexity index is 730. The monoisotopic (exact) mass is 310 g/mol. The number of fused-ring (bicyclic) bond motifs is 1. The Hall–Kier alpha value is -2.30. The third kappa shape index (κ3) is 2.60. The number of rotatable bonds is 2. The minimum absolute atomic E-state index is 0.0530. The van der Waals surface area contributed by atoms with Crippen LogP contribution in [0.2, 0.25) is 0 Å². The van der Waals surface area contributed by atoms with Gasteiger partial charge in [0, 0.05) is 17.2 Å². The number of urea groups is 1. The van der Waals surface area contributed by atoms with Gasteiger partial charge in [0.05, 0.1) is 24.5 Å². The number of nitrogens with one attached hydrogen (secondary N) is 2. The molecule has 2 aliphatic rings. The molecule has 5 heteroatoms. The zero-order chi connectivity index (χ0) is 15.8. The van der Waals surface area contributed by atoms with Crippen molar-refractivity contribution in [1.29, 1.82) is 0 Å². The molecule has 1 aromatic heterocycles. The van der Waals surface area contributed by atoms with E-state index in [1.165, 1.54) is 18.4 Å². The number of carbonyl (C=O) groups is 1. The molecule has 1 aromatic carbocycles. The Labute approximate surface area is 136 Å². The molecule has 4 rings (SSSR count). The van der Waals surface area contributed by atoms with Gasteiger partial charge in [-0.15, -0.1) is 0 Å². The second kappa shape index (κ2) is 5.72. The maximum absolute atomic E-state index is 12.5. The maximum Gasteiger partial charge on any atom is 0.318 e. The highest BCUT2D eigenvalue weighted by Gasteiger charge is 2.30. The van der Waals surface area contributed by atoms with Gasteiger partial charge < -0.3 is 10.2 Å². The molecule has 2 heterocycles. The van der Waals surface area contributed by atoms with Gasteiger partial charge >= 0.3 is 6.03 Å². The maximum atomic E-state index is 12.5. The largest absolute Gasteiger partial charge is 0.335 e. The molecule has 0 radical (unpaired) electrons. The molecule has 2 amide bonds. The summed E-state index contributed by atoms with van der Waals surface area (Å²) in [5.41, 5.74) is 5.54. The molecule has 5 nitrogen and oxygen atoms in total. The van der Waals surface area contributed by atoms with Crippen molar-refractivity contribution in [3.05, 3.63) is 41.1 Å². The number of H-pyrrole nitrogens is 1. The fourth-order valence-corrected chi connectivity index (χ4v) is 3.68. The summed E-state index contributed by atoms with van der Waals surface area (Å²) in [4.78, 5) is 14.3. The van der Waals surface area contributed by atoms with E-state index in [9.17, 15) is 4.79 Å². The summed E-state index contributed by atoms with van der Waals surface area (Å²) in [6.45, 7) is 3.34. The van der Waals surface area contributed by atoms with E-state index < -0.39 is 0 Å². The zero-order valence-electron chi connectivity index (χ0n) is 13.4. The van der Waals surface area contributed by atoms with Crippen LogP contribution in [0.25, 0.3) is 11.3 Å². The van der Waals surface area contributed by atoms with Crippen molar-refractivity contribution in [2.45, 2.75) is 51.7 Å². The molecule has 23 heavy (non-hydrogen) atoms. The first-order valence-corrected chi connectivity index (χ1v) is 8.40. The van der Waals surface area contributed by atoms with Crippen LogP contribution in [0.5, 0.6) is 0 Å². The molecule has 1 aliphatic heterocycles. The van der Waals surface area contributed by atoms with Crippen LogP contribution in [-0.2, 0) is 13.1 Å². The highest BCUT2D eigenvalue weighted by Crippen LogP contribution is 2.32. The lowest BCUT2D eigenvalue weighted by molar-refractivity contribution is 0.194. The van der Waals surface area contributed by atoms with Crippen LogP contribution in [0.15, 0.2) is 24.3 Å². The summed E-state index contributed by atoms with van der Waals surface area (Å²) in [7, 11) is 0. The van der Waals surface area contributed by atoms with Gasteiger partial charge in [-0.3, -0.25) is 5.10 Å². The average Bonchev–Trinajstić information content (AvgIpc) is 3.24. The molecule has 0 bridgehead atoms. The Balaban J connectivity index is 1.52. The Kier molecular flexibility index (Phi) is 3.56. The van der Waals surface area contributed by atoms with Gasteiger partial charge in [0.25, 0.3) is 0 Å². The van der Waals surface area contributed by atoms with Crippen LogP contribution in [-0.4, -0.2) is 27.2 Å². The lowest BCUT2D eigenvalue weighted by Gasteiger charge is -2.20. The number of aryl methyl sites for hydroxylation is 1. The zero-order valence-corrected chi connectivity index (χ0v) is 13.4. The normalized spacial score (nSPS) is 17.5. The average molecular weight is 310 g/mol. The van der Waals surface area contributed by atoms with Crippen molar-refractivity contribution in [3.63, 3.8) is 0 Å². The summed E-state index contributed by atoms with van der Waals surface area (Å²) in [5.74, 6) is 0. The van der Waals surface area contributed by atoms with Gasteiger partial charge in [-0.2, -0.15) is 5.10 Å². The fourth-order valence-electron chi connectivity index (χ4n) is 3.68. The van der Waals surface area contributed by atoms with Crippen molar-refractivity contribution < 1.29 is 4.79 Å². The van der Waals surface area contributed by atoms with E-state index in [4.69, 9.17) is 0 Å². The predicted molar refractivity (Wildman–Crippen MR) is 88.8 cm³/mol. The number of nitrogens with zero attached hydrogens (tertiary/aromatic N) is 2. The van der Waals surface area contributed by atoms with Crippen molar-refractivity contribution >= 4 is 6.03 Å². The number of aromatic amines is 1. The first-order valence-electron chi connectivity index (χ1n) is 8.40. The minimum Gasteiger partial charge on any atom is -0.335 e. The molecule has 0 saturated heterocycles. The smallest absolute Gasteiger partial charge is 0.318 e. The van der Waals surface area contributed by atoms with Crippen LogP contribution in [0.4, 0.5) is 4.79 Å². The van der Waals surface area contributed by atoms with Gasteiger partial charge in [0.15, 0.2) is 0 Å². The standard InChI is InChI=1S/C18H22N4O/c1-12-6-2-5-9-14(12)17-15-10-22(11-16(15)20-21-17)18(23)19-13-7-3-4-8-13/h2,5-6,9,13H,3-4,7-8,10-11H2,1H3,(H,19,23)(H,20,21). The SMILES string of the molecule is Cc1ccccc1-c1n[nH]c2c1CN(C(=O)NC1CCCC1)C2. The van der Waals surface area contributed by atoms with Crippen LogP contribution in [0, 0.1) is 6.92 Å². The van der Waals surface area contributed by atoms with E-state index in [2.05, 4.69) is 34.6 Å². The first kappa shape index (κ1) is 14.3. The summed E-state index contributed by atoms with van der Waals surface area (Å²) in [6, 6.07) is 8.66. The van der Waals surface area contributed by atoms with Gasteiger partial charge in [0.1, 0.15) is 0 Å². The summed E-state index contributed by atoms with van der Waals surface area (Å²) >= 11 is 0. The molecular weight excluding hydrogens is 288 g/mol. The molecule has 0 unspecified atom stereocenters. The van der Waals surface area contributed by atoms with E-state index in [0.29, 0.717) is 19.1 Å². The molecule has 0 atom stereocenters. The first-order chi connectivity index (χ1) is 11.2. The van der Waals surface area contributed by atoms with E-state index in [1.54, 1.807) is 0 Å². The van der Waals surface area contributed by atoms with E-state index in [-0.39, 0.29) is 6.03 Å². The van der Waals surface area contributed by atoms with Gasteiger partial charge in [0.2, 0.25) is 0 Å². The molecular formula is C18H22N4O. The molecule has 2 aromatic rings. The fraction of sp³-hybridized carbons (Fsp3) is 0.444. The molecule has 0 spiro atoms. The Morgan fingerprint density at radius 3 is 2.83 bits per heavy atom. The van der Waals surface area contributed by atoms with Crippen LogP contribution >= 0.6 is 0 Å². The lowest BCUT2D eigenvalue weighted by Crippen LogP contribution is -2.41. The van der Waals surface area contributed by atoms with Gasteiger partial charge in [-0.05, 0) is 25.3 Å². The second-order valence-electron chi connectivity index (χ2n) is 6.63. The quantitative estimate of drug-likeness (QED) is 0.893. The van der Waals surface area contributed by atoms with Crippen LogP contribution < -0.4 is 5.32 Å². The second-order valence-corrected chi connectivity index (χ2v) is 6.63. The van der Waals surface area contributed by atoms with Crippen LogP contribution in [0.3, 0.4) is 0 Å². The molecule has 1 fully saturated rings. The van der Waals surface area contributed by atoms with Crippen molar-refractivity contribution in [1.82, 2.24) is 20.4 Å². The third-order valence-electron chi connectivity index (χ3n) is 5.02. The topological polar surface area (TPSA) is 61.0 Å². The molecule has 2 N–H and O–H groups in total. The number of benzene rings is 1. The molecule has 120 valence electrons. The lowest BCUT2D eigenvalue weighted by atomic mass is 10.0. The molecule has 1 aliphatic carbocycles. The number of aromatic nitrogens is 2. The van der Waals surface area contributed by atoms with Crippen molar-refractivity contribution in [3.8, 4) is 11.3 Å². The highest BCUT2D eigenvalue weighted by atomic mass is 16.2. The highest BCUT2D eigenvalue weighted by molar-refractivity contribution is 5.77.